The molecule has 0 bridgehead atoms. The molecule has 0 unspecified atom stereocenters. The van der Waals surface area contributed by atoms with Crippen molar-refractivity contribution in [2.45, 2.75) is 32.6 Å². The van der Waals surface area contributed by atoms with Crippen molar-refractivity contribution < 1.29 is 14.4 Å². The Morgan fingerprint density at radius 2 is 1.78 bits per heavy atom. The molecule has 0 radical (unpaired) electrons. The number of aromatic nitrogens is 1. The number of nitrogens with zero attached hydrogens (tertiary/aromatic N) is 2. The molecule has 1 N–H and O–H groups in total. The summed E-state index contributed by atoms with van der Waals surface area (Å²) in [6.07, 6.45) is 3.45. The molecule has 1 aliphatic heterocycles. The van der Waals surface area contributed by atoms with Crippen LogP contribution in [0, 0.1) is 18.8 Å². The quantitative estimate of drug-likeness (QED) is 0.822. The molecule has 1 saturated heterocycles. The normalized spacial score (nSPS) is 22.0. The number of carbonyl (C=O) groups is 3. The van der Waals surface area contributed by atoms with Crippen molar-refractivity contribution in [1.82, 2.24) is 9.88 Å². The fourth-order valence-corrected chi connectivity index (χ4v) is 4.61. The average molecular weight is 383 g/mol. The number of nitrogens with one attached hydrogen (secondary N) is 1. The van der Waals surface area contributed by atoms with Gasteiger partial charge >= 0.3 is 0 Å². The maximum Gasteiger partial charge on any atom is 0.246 e. The molecule has 2 aromatic rings. The van der Waals surface area contributed by atoms with Gasteiger partial charge in [-0.05, 0) is 19.8 Å². The van der Waals surface area contributed by atoms with Gasteiger partial charge in [0.05, 0.1) is 17.5 Å². The Balaban J connectivity index is 1.40. The molecule has 140 valence electrons. The van der Waals surface area contributed by atoms with Crippen LogP contribution in [0.3, 0.4) is 0 Å². The first-order chi connectivity index (χ1) is 13.0. The summed E-state index contributed by atoms with van der Waals surface area (Å²) in [6.45, 7) is 1.79. The van der Waals surface area contributed by atoms with Crippen LogP contribution in [0.15, 0.2) is 29.6 Å². The third-order valence-electron chi connectivity index (χ3n) is 5.33. The van der Waals surface area contributed by atoms with E-state index in [4.69, 9.17) is 0 Å². The SMILES string of the molecule is Cc1ccc(-c2csc(NC(=O)CN3C(=O)[C@H]4CCCC[C@H]4C3=O)n2)cc1. The van der Waals surface area contributed by atoms with Gasteiger partial charge in [-0.2, -0.15) is 0 Å². The number of thiazole rings is 1. The van der Waals surface area contributed by atoms with Gasteiger partial charge in [0.2, 0.25) is 17.7 Å². The highest BCUT2D eigenvalue weighted by Gasteiger charge is 2.48. The van der Waals surface area contributed by atoms with E-state index in [0.29, 0.717) is 5.13 Å². The third-order valence-corrected chi connectivity index (χ3v) is 6.09. The van der Waals surface area contributed by atoms with E-state index in [9.17, 15) is 14.4 Å². The van der Waals surface area contributed by atoms with E-state index in [-0.39, 0.29) is 36.1 Å². The predicted octanol–water partition coefficient (Wildman–Crippen LogP) is 3.23. The number of carbonyl (C=O) groups excluding carboxylic acids is 3. The van der Waals surface area contributed by atoms with Crippen molar-refractivity contribution in [3.63, 3.8) is 0 Å². The van der Waals surface area contributed by atoms with E-state index in [1.807, 2.05) is 36.6 Å². The van der Waals surface area contributed by atoms with Crippen LogP contribution in [-0.4, -0.2) is 34.2 Å². The first-order valence-corrected chi connectivity index (χ1v) is 10.1. The summed E-state index contributed by atoms with van der Waals surface area (Å²) < 4.78 is 0. The number of benzene rings is 1. The summed E-state index contributed by atoms with van der Waals surface area (Å²) in [7, 11) is 0. The summed E-state index contributed by atoms with van der Waals surface area (Å²) in [4.78, 5) is 42.9. The Morgan fingerprint density at radius 3 is 2.41 bits per heavy atom. The highest BCUT2D eigenvalue weighted by atomic mass is 32.1. The smallest absolute Gasteiger partial charge is 0.246 e. The topological polar surface area (TPSA) is 79.4 Å². The summed E-state index contributed by atoms with van der Waals surface area (Å²) in [5.41, 5.74) is 2.93. The largest absolute Gasteiger partial charge is 0.300 e. The van der Waals surface area contributed by atoms with Crippen LogP contribution in [0.25, 0.3) is 11.3 Å². The summed E-state index contributed by atoms with van der Waals surface area (Å²) in [5.74, 6) is -1.24. The van der Waals surface area contributed by atoms with Gasteiger partial charge in [-0.3, -0.25) is 19.3 Å². The molecular formula is C20H21N3O3S. The fourth-order valence-electron chi connectivity index (χ4n) is 3.88. The Kier molecular flexibility index (Phi) is 4.78. The molecule has 2 aliphatic rings. The summed E-state index contributed by atoms with van der Waals surface area (Å²) in [5, 5.41) is 5.06. The predicted molar refractivity (Wildman–Crippen MR) is 103 cm³/mol. The second kappa shape index (κ2) is 7.23. The molecule has 7 heteroatoms. The monoisotopic (exact) mass is 383 g/mol. The molecule has 1 aliphatic carbocycles. The molecule has 0 spiro atoms. The highest BCUT2D eigenvalue weighted by molar-refractivity contribution is 7.14. The number of aryl methyl sites for hydroxylation is 1. The van der Waals surface area contributed by atoms with Crippen molar-refractivity contribution >= 4 is 34.2 Å². The number of hydrogen-bond acceptors (Lipinski definition) is 5. The maximum absolute atomic E-state index is 12.5. The summed E-state index contributed by atoms with van der Waals surface area (Å²) >= 11 is 1.33. The Morgan fingerprint density at radius 1 is 1.15 bits per heavy atom. The minimum atomic E-state index is -0.389. The maximum atomic E-state index is 12.5. The van der Waals surface area contributed by atoms with E-state index in [1.165, 1.54) is 16.9 Å². The number of amides is 3. The van der Waals surface area contributed by atoms with Gasteiger partial charge in [-0.15, -0.1) is 11.3 Å². The number of anilines is 1. The Hall–Kier alpha value is -2.54. The highest BCUT2D eigenvalue weighted by Crippen LogP contribution is 2.37. The molecule has 2 fully saturated rings. The van der Waals surface area contributed by atoms with Gasteiger partial charge in [0.25, 0.3) is 0 Å². The molecule has 1 aromatic heterocycles. The number of likely N-dealkylation sites (tertiary alicyclic amines) is 1. The first kappa shape index (κ1) is 17.9. The minimum absolute atomic E-state index is 0.195. The van der Waals surface area contributed by atoms with Gasteiger partial charge in [-0.25, -0.2) is 4.98 Å². The third kappa shape index (κ3) is 3.51. The standard InChI is InChI=1S/C20H21N3O3S/c1-12-6-8-13(9-7-12)16-11-27-20(21-16)22-17(24)10-23-18(25)14-4-2-3-5-15(14)19(23)26/h6-9,11,14-15H,2-5,10H2,1H3,(H,21,22,24)/t14-,15+. The van der Waals surface area contributed by atoms with Gasteiger partial charge in [-0.1, -0.05) is 42.7 Å². The van der Waals surface area contributed by atoms with Crippen LogP contribution < -0.4 is 5.32 Å². The van der Waals surface area contributed by atoms with Crippen LogP contribution >= 0.6 is 11.3 Å². The number of hydrogen-bond donors (Lipinski definition) is 1. The first-order valence-electron chi connectivity index (χ1n) is 9.20. The Labute approximate surface area is 161 Å². The van der Waals surface area contributed by atoms with Crippen molar-refractivity contribution in [3.05, 3.63) is 35.2 Å². The zero-order valence-corrected chi connectivity index (χ0v) is 15.9. The van der Waals surface area contributed by atoms with Gasteiger partial charge in [0.1, 0.15) is 6.54 Å². The Bertz CT molecular complexity index is 866. The molecule has 2 atom stereocenters. The van der Waals surface area contributed by atoms with Crippen molar-refractivity contribution in [2.24, 2.45) is 11.8 Å². The van der Waals surface area contributed by atoms with Crippen molar-refractivity contribution in [1.29, 1.82) is 0 Å². The number of rotatable bonds is 4. The van der Waals surface area contributed by atoms with Crippen molar-refractivity contribution in [3.8, 4) is 11.3 Å². The molecule has 27 heavy (non-hydrogen) atoms. The molecule has 1 aromatic carbocycles. The lowest BCUT2D eigenvalue weighted by atomic mass is 9.81. The molecule has 3 amide bonds. The lowest BCUT2D eigenvalue weighted by Crippen LogP contribution is -2.38. The van der Waals surface area contributed by atoms with Gasteiger partial charge < -0.3 is 5.32 Å². The molecule has 6 nitrogen and oxygen atoms in total. The zero-order chi connectivity index (χ0) is 19.0. The minimum Gasteiger partial charge on any atom is -0.300 e. The van der Waals surface area contributed by atoms with Crippen LogP contribution in [-0.2, 0) is 14.4 Å². The van der Waals surface area contributed by atoms with Crippen molar-refractivity contribution in [2.75, 3.05) is 11.9 Å². The van der Waals surface area contributed by atoms with Crippen LogP contribution in [0.1, 0.15) is 31.2 Å². The molecule has 2 heterocycles. The van der Waals surface area contributed by atoms with E-state index in [1.54, 1.807) is 0 Å². The van der Waals surface area contributed by atoms with Gasteiger partial charge in [0.15, 0.2) is 5.13 Å². The second-order valence-corrected chi connectivity index (χ2v) is 8.07. The molecule has 1 saturated carbocycles. The molecular weight excluding hydrogens is 362 g/mol. The van der Waals surface area contributed by atoms with Crippen LogP contribution in [0.4, 0.5) is 5.13 Å². The summed E-state index contributed by atoms with van der Waals surface area (Å²) in [6, 6.07) is 7.99. The van der Waals surface area contributed by atoms with Crippen LogP contribution in [0.2, 0.25) is 0 Å². The van der Waals surface area contributed by atoms with E-state index in [0.717, 1.165) is 41.8 Å². The van der Waals surface area contributed by atoms with E-state index >= 15 is 0 Å². The molecule has 4 rings (SSSR count). The van der Waals surface area contributed by atoms with Crippen LogP contribution in [0.5, 0.6) is 0 Å². The van der Waals surface area contributed by atoms with Gasteiger partial charge in [0, 0.05) is 10.9 Å². The number of fused-ring (bicyclic) bond motifs is 1. The zero-order valence-electron chi connectivity index (χ0n) is 15.1. The fraction of sp³-hybridized carbons (Fsp3) is 0.400. The van der Waals surface area contributed by atoms with E-state index < -0.39 is 0 Å². The lowest BCUT2D eigenvalue weighted by molar-refractivity contribution is -0.142. The average Bonchev–Trinajstić information content (AvgIpc) is 3.22. The number of imide groups is 1. The second-order valence-electron chi connectivity index (χ2n) is 7.21. The van der Waals surface area contributed by atoms with E-state index in [2.05, 4.69) is 10.3 Å². The lowest BCUT2D eigenvalue weighted by Gasteiger charge is -2.19.